The Bertz CT molecular complexity index is 597. The largest absolute Gasteiger partial charge is 0.497 e. The Hall–Kier alpha value is -3.01. The predicted molar refractivity (Wildman–Crippen MR) is 82.8 cm³/mol. The van der Waals surface area contributed by atoms with Gasteiger partial charge in [-0.1, -0.05) is 0 Å². The van der Waals surface area contributed by atoms with E-state index in [2.05, 4.69) is 5.32 Å². The van der Waals surface area contributed by atoms with E-state index in [1.54, 1.807) is 18.2 Å². The second-order valence-corrected chi connectivity index (χ2v) is 4.35. The summed E-state index contributed by atoms with van der Waals surface area (Å²) < 4.78 is 15.0. The van der Waals surface area contributed by atoms with Gasteiger partial charge in [0.2, 0.25) is 0 Å². The number of nitriles is 1. The fraction of sp³-hybridized carbons (Fsp3) is 0.312. The van der Waals surface area contributed by atoms with E-state index in [-0.39, 0.29) is 13.0 Å². The number of hydrogen-bond acceptors (Lipinski definition) is 6. The second kappa shape index (κ2) is 9.84. The highest BCUT2D eigenvalue weighted by Crippen LogP contribution is 2.23. The van der Waals surface area contributed by atoms with Gasteiger partial charge in [-0.05, 0) is 23.8 Å². The summed E-state index contributed by atoms with van der Waals surface area (Å²) in [6, 6.07) is 7.05. The molecule has 7 nitrogen and oxygen atoms in total. The van der Waals surface area contributed by atoms with Crippen molar-refractivity contribution in [2.24, 2.45) is 0 Å². The molecule has 23 heavy (non-hydrogen) atoms. The van der Waals surface area contributed by atoms with Gasteiger partial charge in [0, 0.05) is 18.7 Å². The van der Waals surface area contributed by atoms with Gasteiger partial charge in [-0.25, -0.2) is 4.79 Å². The lowest BCUT2D eigenvalue weighted by atomic mass is 10.2. The Morgan fingerprint density at radius 1 is 1.22 bits per heavy atom. The highest BCUT2D eigenvalue weighted by atomic mass is 16.5. The van der Waals surface area contributed by atoms with Crippen LogP contribution in [0.1, 0.15) is 12.0 Å². The van der Waals surface area contributed by atoms with Crippen molar-refractivity contribution in [3.05, 3.63) is 29.8 Å². The van der Waals surface area contributed by atoms with E-state index in [4.69, 9.17) is 19.5 Å². The third-order valence-electron chi connectivity index (χ3n) is 2.69. The van der Waals surface area contributed by atoms with Gasteiger partial charge in [-0.2, -0.15) is 5.26 Å². The molecule has 1 aromatic rings. The van der Waals surface area contributed by atoms with Crippen molar-refractivity contribution in [1.82, 2.24) is 5.32 Å². The molecule has 0 aliphatic rings. The number of nitrogens with one attached hydrogen (secondary N) is 1. The molecule has 0 spiro atoms. The van der Waals surface area contributed by atoms with Crippen LogP contribution >= 0.6 is 0 Å². The normalized spacial score (nSPS) is 9.96. The van der Waals surface area contributed by atoms with Crippen LogP contribution in [0.15, 0.2) is 24.3 Å². The highest BCUT2D eigenvalue weighted by Gasteiger charge is 2.05. The van der Waals surface area contributed by atoms with Gasteiger partial charge in [0.25, 0.3) is 5.91 Å². The third kappa shape index (κ3) is 7.00. The van der Waals surface area contributed by atoms with Crippen LogP contribution in [0.3, 0.4) is 0 Å². The lowest BCUT2D eigenvalue weighted by molar-refractivity contribution is -0.143. The fourth-order valence-corrected chi connectivity index (χ4v) is 1.58. The zero-order valence-electron chi connectivity index (χ0n) is 13.0. The van der Waals surface area contributed by atoms with Crippen molar-refractivity contribution in [3.8, 4) is 17.6 Å². The Labute approximate surface area is 134 Å². The topological polar surface area (TPSA) is 97.6 Å². The molecule has 122 valence electrons. The van der Waals surface area contributed by atoms with Crippen LogP contribution in [0, 0.1) is 11.3 Å². The van der Waals surface area contributed by atoms with E-state index in [0.717, 1.165) is 0 Å². The Kier molecular flexibility index (Phi) is 7.72. The standard InChI is InChI=1S/C16H18N2O5/c1-21-13-8-12(9-14(10-13)22-2)4-5-16(20)23-11-15(19)18-7-3-6-17/h4-5,8-10H,3,7,11H2,1-2H3,(H,18,19)/b5-4+. The van der Waals surface area contributed by atoms with Crippen molar-refractivity contribution in [1.29, 1.82) is 5.26 Å². The molecule has 7 heteroatoms. The molecule has 0 fully saturated rings. The first kappa shape index (κ1) is 18.0. The van der Waals surface area contributed by atoms with Crippen LogP contribution in [0.2, 0.25) is 0 Å². The summed E-state index contributed by atoms with van der Waals surface area (Å²) in [6.07, 6.45) is 2.94. The van der Waals surface area contributed by atoms with E-state index in [1.807, 2.05) is 6.07 Å². The summed E-state index contributed by atoms with van der Waals surface area (Å²) in [5.41, 5.74) is 0.691. The molecule has 0 aliphatic heterocycles. The molecule has 0 radical (unpaired) electrons. The molecule has 0 aliphatic carbocycles. The molecule has 0 atom stereocenters. The first-order valence-electron chi connectivity index (χ1n) is 6.80. The molecule has 0 saturated carbocycles. The number of benzene rings is 1. The number of rotatable bonds is 8. The van der Waals surface area contributed by atoms with E-state index in [9.17, 15) is 9.59 Å². The number of nitrogens with zero attached hydrogens (tertiary/aromatic N) is 1. The van der Waals surface area contributed by atoms with Gasteiger partial charge in [0.1, 0.15) is 11.5 Å². The van der Waals surface area contributed by atoms with Crippen molar-refractivity contribution < 1.29 is 23.8 Å². The molecule has 0 bridgehead atoms. The number of esters is 1. The molecule has 0 aromatic heterocycles. The van der Waals surface area contributed by atoms with Gasteiger partial charge in [-0.3, -0.25) is 4.79 Å². The number of ether oxygens (including phenoxy) is 3. The van der Waals surface area contributed by atoms with Crippen LogP contribution in [0.5, 0.6) is 11.5 Å². The van der Waals surface area contributed by atoms with Crippen molar-refractivity contribution in [2.45, 2.75) is 6.42 Å². The molecule has 1 amide bonds. The van der Waals surface area contributed by atoms with Crippen LogP contribution in [-0.2, 0) is 14.3 Å². The van der Waals surface area contributed by atoms with Gasteiger partial charge >= 0.3 is 5.97 Å². The lowest BCUT2D eigenvalue weighted by Crippen LogP contribution is -2.29. The lowest BCUT2D eigenvalue weighted by Gasteiger charge is -2.06. The van der Waals surface area contributed by atoms with Gasteiger partial charge < -0.3 is 19.5 Å². The maximum Gasteiger partial charge on any atom is 0.331 e. The van der Waals surface area contributed by atoms with Crippen molar-refractivity contribution in [2.75, 3.05) is 27.4 Å². The number of methoxy groups -OCH3 is 2. The summed E-state index contributed by atoms with van der Waals surface area (Å²) in [6.45, 7) is -0.164. The average molecular weight is 318 g/mol. The number of carbonyl (C=O) groups is 2. The summed E-state index contributed by atoms with van der Waals surface area (Å²) in [4.78, 5) is 22.9. The monoisotopic (exact) mass is 318 g/mol. The predicted octanol–water partition coefficient (Wildman–Crippen LogP) is 1.29. The molecular formula is C16H18N2O5. The van der Waals surface area contributed by atoms with E-state index in [1.165, 1.54) is 26.4 Å². The smallest absolute Gasteiger partial charge is 0.331 e. The number of hydrogen-bond donors (Lipinski definition) is 1. The minimum Gasteiger partial charge on any atom is -0.497 e. The molecule has 1 aromatic carbocycles. The molecule has 0 saturated heterocycles. The van der Waals surface area contributed by atoms with Crippen molar-refractivity contribution >= 4 is 18.0 Å². The minimum atomic E-state index is -0.651. The van der Waals surface area contributed by atoms with Crippen LogP contribution < -0.4 is 14.8 Å². The van der Waals surface area contributed by atoms with E-state index in [0.29, 0.717) is 17.1 Å². The summed E-state index contributed by atoms with van der Waals surface area (Å²) in [5, 5.41) is 10.8. The molecule has 0 heterocycles. The average Bonchev–Trinajstić information content (AvgIpc) is 2.57. The summed E-state index contributed by atoms with van der Waals surface area (Å²) in [5.74, 6) is 0.0794. The molecule has 0 unspecified atom stereocenters. The Balaban J connectivity index is 2.52. The molecule has 1 rings (SSSR count). The molecular weight excluding hydrogens is 300 g/mol. The maximum absolute atomic E-state index is 11.6. The quantitative estimate of drug-likeness (QED) is 0.440. The highest BCUT2D eigenvalue weighted by molar-refractivity contribution is 5.89. The number of amides is 1. The zero-order chi connectivity index (χ0) is 17.1. The SMILES string of the molecule is COc1cc(/C=C/C(=O)OCC(=O)NCCC#N)cc(OC)c1. The molecule has 1 N–H and O–H groups in total. The fourth-order valence-electron chi connectivity index (χ4n) is 1.58. The summed E-state index contributed by atoms with van der Waals surface area (Å²) >= 11 is 0. The first-order valence-corrected chi connectivity index (χ1v) is 6.80. The van der Waals surface area contributed by atoms with Gasteiger partial charge in [-0.15, -0.1) is 0 Å². The Morgan fingerprint density at radius 2 is 1.87 bits per heavy atom. The van der Waals surface area contributed by atoms with Crippen LogP contribution in [0.4, 0.5) is 0 Å². The van der Waals surface area contributed by atoms with E-state index < -0.39 is 18.5 Å². The van der Waals surface area contributed by atoms with Gasteiger partial charge in [0.05, 0.1) is 26.7 Å². The first-order chi connectivity index (χ1) is 11.1. The van der Waals surface area contributed by atoms with Crippen molar-refractivity contribution in [3.63, 3.8) is 0 Å². The van der Waals surface area contributed by atoms with Crippen LogP contribution in [0.25, 0.3) is 6.08 Å². The van der Waals surface area contributed by atoms with E-state index >= 15 is 0 Å². The van der Waals surface area contributed by atoms with Gasteiger partial charge in [0.15, 0.2) is 6.61 Å². The minimum absolute atomic E-state index is 0.206. The summed E-state index contributed by atoms with van der Waals surface area (Å²) in [7, 11) is 3.06. The Morgan fingerprint density at radius 3 is 2.43 bits per heavy atom. The second-order valence-electron chi connectivity index (χ2n) is 4.35. The third-order valence-corrected chi connectivity index (χ3v) is 2.69. The zero-order valence-corrected chi connectivity index (χ0v) is 13.0. The maximum atomic E-state index is 11.6. The van der Waals surface area contributed by atoms with Crippen LogP contribution in [-0.4, -0.2) is 39.2 Å². The number of carbonyl (C=O) groups excluding carboxylic acids is 2.